The average molecular weight is 503 g/mol. The van der Waals surface area contributed by atoms with Gasteiger partial charge in [0.25, 0.3) is 0 Å². The zero-order chi connectivity index (χ0) is 21.4. The van der Waals surface area contributed by atoms with Gasteiger partial charge in [-0.25, -0.2) is 8.42 Å². The molecule has 3 aromatic rings. The van der Waals surface area contributed by atoms with Crippen LogP contribution in [-0.4, -0.2) is 55.9 Å². The van der Waals surface area contributed by atoms with Crippen molar-refractivity contribution in [3.63, 3.8) is 0 Å². The predicted molar refractivity (Wildman–Crippen MR) is 119 cm³/mol. The van der Waals surface area contributed by atoms with Crippen LogP contribution in [0.5, 0.6) is 11.5 Å². The number of benzene rings is 2. The van der Waals surface area contributed by atoms with Gasteiger partial charge in [0.2, 0.25) is 16.8 Å². The van der Waals surface area contributed by atoms with E-state index in [-0.39, 0.29) is 6.79 Å². The molecule has 0 N–H and O–H groups in total. The summed E-state index contributed by atoms with van der Waals surface area (Å²) in [4.78, 5) is 2.35. The molecule has 1 fully saturated rings. The van der Waals surface area contributed by atoms with E-state index in [2.05, 4.69) is 26.1 Å². The number of sulfonamides is 1. The van der Waals surface area contributed by atoms with Gasteiger partial charge in [0, 0.05) is 36.2 Å². The maximum absolute atomic E-state index is 12.9. The van der Waals surface area contributed by atoms with Gasteiger partial charge in [0.15, 0.2) is 17.3 Å². The van der Waals surface area contributed by atoms with E-state index in [1.807, 2.05) is 35.2 Å². The fraction of sp³-hybridized carbons (Fsp3) is 0.238. The fourth-order valence-electron chi connectivity index (χ4n) is 3.62. The number of hydrogen-bond acceptors (Lipinski definition) is 7. The molecule has 0 radical (unpaired) electrons. The molecule has 0 aliphatic carbocycles. The third-order valence-corrected chi connectivity index (χ3v) is 7.77. The highest BCUT2D eigenvalue weighted by molar-refractivity contribution is 9.10. The van der Waals surface area contributed by atoms with Gasteiger partial charge in [-0.05, 0) is 54.6 Å². The number of rotatable bonds is 4. The highest BCUT2D eigenvalue weighted by Gasteiger charge is 2.29. The van der Waals surface area contributed by atoms with E-state index in [1.54, 1.807) is 24.3 Å². The molecule has 160 valence electrons. The van der Waals surface area contributed by atoms with Crippen molar-refractivity contribution in [3.05, 3.63) is 59.1 Å². The normalized spacial score (nSPS) is 16.5. The summed E-state index contributed by atoms with van der Waals surface area (Å²) in [5, 5.41) is 8.71. The number of nitrogens with zero attached hydrogens (tertiary/aromatic N) is 4. The van der Waals surface area contributed by atoms with E-state index >= 15 is 0 Å². The molecule has 31 heavy (non-hydrogen) atoms. The Morgan fingerprint density at radius 2 is 1.58 bits per heavy atom. The summed E-state index contributed by atoms with van der Waals surface area (Å²) >= 11 is 3.34. The van der Waals surface area contributed by atoms with Gasteiger partial charge in [-0.1, -0.05) is 15.9 Å². The summed E-state index contributed by atoms with van der Waals surface area (Å²) in [7, 11) is -3.50. The molecule has 0 spiro atoms. The summed E-state index contributed by atoms with van der Waals surface area (Å²) < 4.78 is 38.9. The zero-order valence-electron chi connectivity index (χ0n) is 16.4. The van der Waals surface area contributed by atoms with Crippen LogP contribution in [0.1, 0.15) is 0 Å². The molecular weight excluding hydrogens is 484 g/mol. The summed E-state index contributed by atoms with van der Waals surface area (Å²) in [6.45, 7) is 2.11. The first-order chi connectivity index (χ1) is 15.0. The van der Waals surface area contributed by atoms with Crippen LogP contribution >= 0.6 is 15.9 Å². The van der Waals surface area contributed by atoms with Gasteiger partial charge in [0.1, 0.15) is 0 Å². The molecule has 1 saturated heterocycles. The van der Waals surface area contributed by atoms with E-state index < -0.39 is 10.0 Å². The zero-order valence-corrected chi connectivity index (χ0v) is 18.8. The number of aromatic nitrogens is 2. The van der Waals surface area contributed by atoms with Crippen molar-refractivity contribution in [2.45, 2.75) is 4.90 Å². The topological polar surface area (TPSA) is 84.9 Å². The van der Waals surface area contributed by atoms with Crippen LogP contribution in [-0.2, 0) is 10.0 Å². The number of anilines is 1. The number of ether oxygens (including phenoxy) is 2. The lowest BCUT2D eigenvalue weighted by Gasteiger charge is -2.34. The van der Waals surface area contributed by atoms with Crippen LogP contribution in [0, 0.1) is 0 Å². The second-order valence-corrected chi connectivity index (χ2v) is 10.0. The lowest BCUT2D eigenvalue weighted by Crippen LogP contribution is -2.48. The van der Waals surface area contributed by atoms with Gasteiger partial charge in [0.05, 0.1) is 10.6 Å². The standard InChI is InChI=1S/C21H19BrN4O4S/c22-16-2-4-17(5-3-16)31(27,28)26-11-9-25(10-12-26)21-8-6-18(23-24-21)15-1-7-19-20(13-15)30-14-29-19/h1-8,13H,9-12,14H2. The lowest BCUT2D eigenvalue weighted by molar-refractivity contribution is 0.174. The number of halogens is 1. The minimum absolute atomic E-state index is 0.229. The summed E-state index contributed by atoms with van der Waals surface area (Å²) in [5.74, 6) is 2.15. The van der Waals surface area contributed by atoms with E-state index in [0.717, 1.165) is 27.3 Å². The second-order valence-electron chi connectivity index (χ2n) is 7.19. The minimum Gasteiger partial charge on any atom is -0.454 e. The quantitative estimate of drug-likeness (QED) is 0.541. The molecule has 10 heteroatoms. The van der Waals surface area contributed by atoms with Crippen molar-refractivity contribution in [2.75, 3.05) is 37.9 Å². The largest absolute Gasteiger partial charge is 0.454 e. The minimum atomic E-state index is -3.50. The van der Waals surface area contributed by atoms with Gasteiger partial charge in [-0.2, -0.15) is 4.31 Å². The van der Waals surface area contributed by atoms with Crippen LogP contribution in [0.2, 0.25) is 0 Å². The highest BCUT2D eigenvalue weighted by Crippen LogP contribution is 2.35. The van der Waals surface area contributed by atoms with Crippen LogP contribution in [0.3, 0.4) is 0 Å². The highest BCUT2D eigenvalue weighted by atomic mass is 79.9. The molecule has 2 aliphatic heterocycles. The Balaban J connectivity index is 1.26. The van der Waals surface area contributed by atoms with Crippen LogP contribution in [0.25, 0.3) is 11.3 Å². The Labute approximate surface area is 188 Å². The molecule has 2 aromatic carbocycles. The molecule has 3 heterocycles. The molecule has 0 saturated carbocycles. The van der Waals surface area contributed by atoms with Crippen molar-refractivity contribution < 1.29 is 17.9 Å². The fourth-order valence-corrected chi connectivity index (χ4v) is 5.30. The summed E-state index contributed by atoms with van der Waals surface area (Å²) in [5.41, 5.74) is 1.63. The third-order valence-electron chi connectivity index (χ3n) is 5.33. The SMILES string of the molecule is O=S(=O)(c1ccc(Br)cc1)N1CCN(c2ccc(-c3ccc4c(c3)OCO4)nn2)CC1. The Hall–Kier alpha value is -2.69. The molecule has 0 amide bonds. The maximum Gasteiger partial charge on any atom is 0.243 e. The number of fused-ring (bicyclic) bond motifs is 1. The first-order valence-corrected chi connectivity index (χ1v) is 12.0. The second kappa shape index (κ2) is 8.10. The molecule has 0 bridgehead atoms. The number of hydrogen-bond donors (Lipinski definition) is 0. The van der Waals surface area contributed by atoms with Crippen LogP contribution in [0.4, 0.5) is 5.82 Å². The van der Waals surface area contributed by atoms with Crippen molar-refractivity contribution in [2.24, 2.45) is 0 Å². The van der Waals surface area contributed by atoms with Crippen molar-refractivity contribution in [3.8, 4) is 22.8 Å². The van der Waals surface area contributed by atoms with Gasteiger partial charge < -0.3 is 14.4 Å². The third kappa shape index (κ3) is 3.98. The smallest absolute Gasteiger partial charge is 0.243 e. The van der Waals surface area contributed by atoms with Gasteiger partial charge >= 0.3 is 0 Å². The monoisotopic (exact) mass is 502 g/mol. The molecule has 0 unspecified atom stereocenters. The Kier molecular flexibility index (Phi) is 5.28. The molecule has 0 atom stereocenters. The predicted octanol–water partition coefficient (Wildman–Crippen LogP) is 3.15. The molecule has 5 rings (SSSR count). The molecule has 8 nitrogen and oxygen atoms in total. The summed E-state index contributed by atoms with van der Waals surface area (Å²) in [6, 6.07) is 16.2. The van der Waals surface area contributed by atoms with E-state index in [1.165, 1.54) is 4.31 Å². The molecule has 2 aliphatic rings. The Bertz CT molecular complexity index is 1200. The Morgan fingerprint density at radius 3 is 2.29 bits per heavy atom. The van der Waals surface area contributed by atoms with E-state index in [9.17, 15) is 8.42 Å². The number of piperazine rings is 1. The van der Waals surface area contributed by atoms with Crippen molar-refractivity contribution in [1.82, 2.24) is 14.5 Å². The summed E-state index contributed by atoms with van der Waals surface area (Å²) in [6.07, 6.45) is 0. The maximum atomic E-state index is 12.9. The van der Waals surface area contributed by atoms with E-state index in [4.69, 9.17) is 9.47 Å². The van der Waals surface area contributed by atoms with Crippen LogP contribution in [0.15, 0.2) is 64.0 Å². The Morgan fingerprint density at radius 1 is 0.839 bits per heavy atom. The van der Waals surface area contributed by atoms with Gasteiger partial charge in [-0.3, -0.25) is 0 Å². The van der Waals surface area contributed by atoms with Gasteiger partial charge in [-0.15, -0.1) is 10.2 Å². The first-order valence-electron chi connectivity index (χ1n) is 9.75. The van der Waals surface area contributed by atoms with E-state index in [0.29, 0.717) is 36.8 Å². The van der Waals surface area contributed by atoms with Crippen molar-refractivity contribution >= 4 is 31.8 Å². The lowest BCUT2D eigenvalue weighted by atomic mass is 10.1. The first kappa shape index (κ1) is 20.2. The molecular formula is C21H19BrN4O4S. The van der Waals surface area contributed by atoms with Crippen molar-refractivity contribution in [1.29, 1.82) is 0 Å². The average Bonchev–Trinajstić information content (AvgIpc) is 3.28. The molecule has 1 aromatic heterocycles. The van der Waals surface area contributed by atoms with Crippen LogP contribution < -0.4 is 14.4 Å².